The Morgan fingerprint density at radius 2 is 2.19 bits per heavy atom. The lowest BCUT2D eigenvalue weighted by Gasteiger charge is -2.14. The third kappa shape index (κ3) is 5.60. The average Bonchev–Trinajstić information content (AvgIpc) is 2.75. The second-order valence-electron chi connectivity index (χ2n) is 2.97. The van der Waals surface area contributed by atoms with Crippen molar-refractivity contribution < 1.29 is 14.3 Å². The molecule has 1 aromatic rings. The van der Waals surface area contributed by atoms with E-state index in [-0.39, 0.29) is 6.15 Å². The van der Waals surface area contributed by atoms with Crippen LogP contribution in [0.2, 0.25) is 0 Å². The van der Waals surface area contributed by atoms with E-state index in [0.29, 0.717) is 0 Å². The first-order chi connectivity index (χ1) is 7.69. The highest BCUT2D eigenvalue weighted by Crippen LogP contribution is 2.18. The second-order valence-corrected chi connectivity index (χ2v) is 3.81. The summed E-state index contributed by atoms with van der Waals surface area (Å²) >= 11 is 1.69. The Morgan fingerprint density at radius 1 is 1.56 bits per heavy atom. The van der Waals surface area contributed by atoms with Crippen molar-refractivity contribution in [2.45, 2.75) is 13.3 Å². The number of methoxy groups -OCH3 is 1. The van der Waals surface area contributed by atoms with Crippen molar-refractivity contribution in [3.63, 3.8) is 0 Å². The van der Waals surface area contributed by atoms with Crippen LogP contribution in [0, 0.1) is 0 Å². The van der Waals surface area contributed by atoms with Crippen LogP contribution in [0.25, 0.3) is 0 Å². The van der Waals surface area contributed by atoms with Crippen LogP contribution in [0.1, 0.15) is 12.6 Å². The van der Waals surface area contributed by atoms with Crippen molar-refractivity contribution in [3.05, 3.63) is 11.1 Å². The van der Waals surface area contributed by atoms with Crippen molar-refractivity contribution >= 4 is 22.6 Å². The molecule has 1 heterocycles. The zero-order valence-electron chi connectivity index (χ0n) is 9.73. The molecule has 0 radical (unpaired) electrons. The van der Waals surface area contributed by atoms with Gasteiger partial charge in [-0.15, -0.1) is 11.3 Å². The van der Waals surface area contributed by atoms with Gasteiger partial charge in [0.15, 0.2) is 5.13 Å². The maximum Gasteiger partial charge on any atom is 0.373 e. The van der Waals surface area contributed by atoms with Crippen molar-refractivity contribution in [3.8, 4) is 0 Å². The Hall–Kier alpha value is -1.23. The average molecular weight is 244 g/mol. The molecule has 0 fully saturated rings. The van der Waals surface area contributed by atoms with Gasteiger partial charge in [0, 0.05) is 26.1 Å². The summed E-state index contributed by atoms with van der Waals surface area (Å²) in [5.74, 6) is 0. The van der Waals surface area contributed by atoms with Crippen molar-refractivity contribution in [1.82, 2.24) is 4.98 Å². The molecule has 1 aromatic heterocycles. The molecule has 0 amide bonds. The smallest absolute Gasteiger partial charge is 0.373 e. The molecule has 0 N–H and O–H groups in total. The molecule has 0 aliphatic heterocycles. The monoisotopic (exact) mass is 244 g/mol. The van der Waals surface area contributed by atoms with Gasteiger partial charge in [0.25, 0.3) is 0 Å². The van der Waals surface area contributed by atoms with Crippen LogP contribution >= 0.6 is 11.3 Å². The molecule has 0 aliphatic carbocycles. The second kappa shape index (κ2) is 9.03. The van der Waals surface area contributed by atoms with Crippen LogP contribution in [0.15, 0.2) is 5.38 Å². The third-order valence-electron chi connectivity index (χ3n) is 1.86. The Bertz CT molecular complexity index is 322. The number of nitrogens with zero attached hydrogens (tertiary/aromatic N) is 2. The van der Waals surface area contributed by atoms with E-state index in [4.69, 9.17) is 14.3 Å². The summed E-state index contributed by atoms with van der Waals surface area (Å²) < 4.78 is 5.00. The Labute approximate surface area is 99.0 Å². The lowest BCUT2D eigenvalue weighted by Crippen LogP contribution is -2.21. The minimum Gasteiger partial charge on any atom is -0.383 e. The van der Waals surface area contributed by atoms with Crippen LogP contribution in [-0.2, 0) is 20.7 Å². The highest BCUT2D eigenvalue weighted by molar-refractivity contribution is 7.13. The predicted octanol–water partition coefficient (Wildman–Crippen LogP) is 1.20. The van der Waals surface area contributed by atoms with E-state index in [1.807, 2.05) is 7.05 Å². The van der Waals surface area contributed by atoms with Gasteiger partial charge >= 0.3 is 6.15 Å². The van der Waals surface area contributed by atoms with Crippen LogP contribution in [-0.4, -0.2) is 38.4 Å². The number of ether oxygens (including phenoxy) is 1. The van der Waals surface area contributed by atoms with Gasteiger partial charge in [-0.25, -0.2) is 4.98 Å². The Balaban J connectivity index is 0.000000673. The maximum atomic E-state index is 8.12. The molecular weight excluding hydrogens is 228 g/mol. The number of rotatable bonds is 5. The van der Waals surface area contributed by atoms with Crippen molar-refractivity contribution in [1.29, 1.82) is 0 Å². The molecule has 0 saturated heterocycles. The number of aryl methyl sites for hydroxylation is 1. The number of likely N-dealkylation sites (N-methyl/N-ethyl adjacent to an activating group) is 1. The molecule has 0 spiro atoms. The molecule has 16 heavy (non-hydrogen) atoms. The molecule has 1 rings (SSSR count). The maximum absolute atomic E-state index is 8.12. The molecule has 5 nitrogen and oxygen atoms in total. The molecule has 0 aromatic carbocycles. The van der Waals surface area contributed by atoms with Crippen LogP contribution in [0.4, 0.5) is 5.13 Å². The summed E-state index contributed by atoms with van der Waals surface area (Å²) in [6.07, 6.45) is 1.26. The van der Waals surface area contributed by atoms with Gasteiger partial charge < -0.3 is 9.64 Å². The van der Waals surface area contributed by atoms with Crippen molar-refractivity contribution in [2.24, 2.45) is 0 Å². The number of hydrogen-bond donors (Lipinski definition) is 0. The SMILES string of the molecule is CCc1csc(N(C)CCOC)n1.O=C=O. The summed E-state index contributed by atoms with van der Waals surface area (Å²) in [6.45, 7) is 3.76. The molecule has 0 aliphatic rings. The van der Waals surface area contributed by atoms with Crippen LogP contribution in [0.3, 0.4) is 0 Å². The van der Waals surface area contributed by atoms with E-state index in [9.17, 15) is 0 Å². The lowest BCUT2D eigenvalue weighted by molar-refractivity contribution is -0.191. The van der Waals surface area contributed by atoms with Gasteiger partial charge in [-0.2, -0.15) is 9.59 Å². The van der Waals surface area contributed by atoms with E-state index >= 15 is 0 Å². The van der Waals surface area contributed by atoms with E-state index in [1.54, 1.807) is 18.4 Å². The van der Waals surface area contributed by atoms with Gasteiger partial charge in [-0.05, 0) is 6.42 Å². The fraction of sp³-hybridized carbons (Fsp3) is 0.600. The number of thiazole rings is 1. The van der Waals surface area contributed by atoms with Gasteiger partial charge in [0.1, 0.15) is 0 Å². The molecule has 0 atom stereocenters. The minimum atomic E-state index is 0.250. The zero-order chi connectivity index (χ0) is 12.4. The highest BCUT2D eigenvalue weighted by atomic mass is 32.1. The third-order valence-corrected chi connectivity index (χ3v) is 2.86. The molecule has 0 unspecified atom stereocenters. The largest absolute Gasteiger partial charge is 0.383 e. The number of anilines is 1. The molecular formula is C10H16N2O3S. The van der Waals surface area contributed by atoms with Crippen LogP contribution in [0.5, 0.6) is 0 Å². The Kier molecular flexibility index (Phi) is 8.34. The first kappa shape index (κ1) is 14.8. The van der Waals surface area contributed by atoms with Gasteiger partial charge in [0.2, 0.25) is 0 Å². The van der Waals surface area contributed by atoms with Crippen molar-refractivity contribution in [2.75, 3.05) is 32.2 Å². The number of hydrogen-bond acceptors (Lipinski definition) is 6. The quantitative estimate of drug-likeness (QED) is 0.779. The number of aromatic nitrogens is 1. The normalized spacial score (nSPS) is 8.94. The zero-order valence-corrected chi connectivity index (χ0v) is 10.5. The molecule has 0 bridgehead atoms. The summed E-state index contributed by atoms with van der Waals surface area (Å²) in [4.78, 5) is 22.8. The standard InChI is InChI=1S/C9H16N2OS.CO2/c1-4-8-7-13-9(10-8)11(2)5-6-12-3;2-1-3/h7H,4-6H2,1-3H3;. The summed E-state index contributed by atoms with van der Waals surface area (Å²) in [7, 11) is 3.75. The number of carbonyl (C=O) groups excluding carboxylic acids is 2. The lowest BCUT2D eigenvalue weighted by atomic mass is 10.4. The van der Waals surface area contributed by atoms with Gasteiger partial charge in [-0.3, -0.25) is 0 Å². The summed E-state index contributed by atoms with van der Waals surface area (Å²) in [5, 5.41) is 3.19. The minimum absolute atomic E-state index is 0.250. The summed E-state index contributed by atoms with van der Waals surface area (Å²) in [6, 6.07) is 0. The summed E-state index contributed by atoms with van der Waals surface area (Å²) in [5.41, 5.74) is 1.17. The van der Waals surface area contributed by atoms with E-state index in [2.05, 4.69) is 22.2 Å². The molecule has 0 saturated carbocycles. The van der Waals surface area contributed by atoms with E-state index < -0.39 is 0 Å². The molecule has 90 valence electrons. The first-order valence-electron chi connectivity index (χ1n) is 4.83. The van der Waals surface area contributed by atoms with Crippen LogP contribution < -0.4 is 4.90 Å². The highest BCUT2D eigenvalue weighted by Gasteiger charge is 2.04. The fourth-order valence-corrected chi connectivity index (χ4v) is 1.86. The van der Waals surface area contributed by atoms with Gasteiger partial charge in [-0.1, -0.05) is 6.92 Å². The fourth-order valence-electron chi connectivity index (χ4n) is 0.958. The Morgan fingerprint density at radius 3 is 2.62 bits per heavy atom. The van der Waals surface area contributed by atoms with Gasteiger partial charge in [0.05, 0.1) is 12.3 Å². The van der Waals surface area contributed by atoms with E-state index in [0.717, 1.165) is 24.7 Å². The first-order valence-corrected chi connectivity index (χ1v) is 5.71. The predicted molar refractivity (Wildman–Crippen MR) is 61.6 cm³/mol. The molecule has 6 heteroatoms. The van der Waals surface area contributed by atoms with E-state index in [1.165, 1.54) is 5.69 Å². The topological polar surface area (TPSA) is 59.5 Å².